The Hall–Kier alpha value is -0.610. The van der Waals surface area contributed by atoms with Gasteiger partial charge in [-0.25, -0.2) is 0 Å². The average Bonchev–Trinajstić information content (AvgIpc) is 1.99. The average molecular weight is 160 g/mol. The van der Waals surface area contributed by atoms with E-state index in [0.717, 1.165) is 13.0 Å². The molecule has 66 valence electrons. The van der Waals surface area contributed by atoms with Crippen LogP contribution in [-0.2, 0) is 4.79 Å². The highest BCUT2D eigenvalue weighted by atomic mass is 16.3. The Morgan fingerprint density at radius 2 is 2.18 bits per heavy atom. The van der Waals surface area contributed by atoms with Gasteiger partial charge in [0.1, 0.15) is 0 Å². The number of hydrogen-bond donors (Lipinski definition) is 3. The summed E-state index contributed by atoms with van der Waals surface area (Å²) in [5.74, 6) is -0.0800. The standard InChI is InChI=1S/C7H16N2O2/c1-8-4-2-5-9-7(11)3-6-10/h8,10H,2-6H2,1H3,(H,9,11). The van der Waals surface area contributed by atoms with E-state index in [2.05, 4.69) is 10.6 Å². The maximum absolute atomic E-state index is 10.7. The van der Waals surface area contributed by atoms with Gasteiger partial charge in [0, 0.05) is 13.0 Å². The molecule has 3 N–H and O–H groups in total. The summed E-state index contributed by atoms with van der Waals surface area (Å²) in [4.78, 5) is 10.7. The van der Waals surface area contributed by atoms with E-state index >= 15 is 0 Å². The number of aliphatic hydroxyl groups is 1. The molecule has 0 atom stereocenters. The molecule has 0 bridgehead atoms. The van der Waals surface area contributed by atoms with E-state index in [0.29, 0.717) is 6.54 Å². The molecule has 0 aliphatic heterocycles. The molecule has 0 aliphatic rings. The van der Waals surface area contributed by atoms with Crippen LogP contribution in [0.25, 0.3) is 0 Å². The third kappa shape index (κ3) is 7.29. The number of nitrogens with one attached hydrogen (secondary N) is 2. The second-order valence-electron chi connectivity index (χ2n) is 2.28. The fourth-order valence-electron chi connectivity index (χ4n) is 0.683. The highest BCUT2D eigenvalue weighted by molar-refractivity contribution is 5.75. The number of amides is 1. The second-order valence-corrected chi connectivity index (χ2v) is 2.28. The molecule has 0 rings (SSSR count). The maximum atomic E-state index is 10.7. The predicted molar refractivity (Wildman–Crippen MR) is 43.3 cm³/mol. The van der Waals surface area contributed by atoms with E-state index in [9.17, 15) is 4.79 Å². The lowest BCUT2D eigenvalue weighted by molar-refractivity contribution is -0.121. The normalized spacial score (nSPS) is 9.64. The Morgan fingerprint density at radius 3 is 2.73 bits per heavy atom. The van der Waals surface area contributed by atoms with Crippen LogP contribution in [0.3, 0.4) is 0 Å². The van der Waals surface area contributed by atoms with Gasteiger partial charge in [-0.1, -0.05) is 0 Å². The molecule has 0 aromatic heterocycles. The lowest BCUT2D eigenvalue weighted by Crippen LogP contribution is -2.26. The zero-order valence-electron chi connectivity index (χ0n) is 6.89. The summed E-state index contributed by atoms with van der Waals surface area (Å²) in [7, 11) is 1.87. The van der Waals surface area contributed by atoms with Crippen LogP contribution in [0.5, 0.6) is 0 Å². The van der Waals surface area contributed by atoms with E-state index in [1.165, 1.54) is 0 Å². The number of aliphatic hydroxyl groups excluding tert-OH is 1. The molecule has 0 heterocycles. The van der Waals surface area contributed by atoms with Gasteiger partial charge in [-0.05, 0) is 20.0 Å². The molecule has 0 aromatic rings. The van der Waals surface area contributed by atoms with Crippen LogP contribution in [0.1, 0.15) is 12.8 Å². The van der Waals surface area contributed by atoms with E-state index in [1.54, 1.807) is 0 Å². The Labute approximate surface area is 67.0 Å². The Balaban J connectivity index is 3.04. The van der Waals surface area contributed by atoms with E-state index in [-0.39, 0.29) is 18.9 Å². The molecule has 0 saturated carbocycles. The van der Waals surface area contributed by atoms with Crippen molar-refractivity contribution in [1.29, 1.82) is 0 Å². The highest BCUT2D eigenvalue weighted by Gasteiger charge is 1.96. The van der Waals surface area contributed by atoms with Gasteiger partial charge in [0.05, 0.1) is 6.61 Å². The maximum Gasteiger partial charge on any atom is 0.222 e. The first-order valence-corrected chi connectivity index (χ1v) is 3.83. The zero-order valence-corrected chi connectivity index (χ0v) is 6.89. The zero-order chi connectivity index (χ0) is 8.53. The van der Waals surface area contributed by atoms with E-state index in [1.807, 2.05) is 7.05 Å². The van der Waals surface area contributed by atoms with Gasteiger partial charge < -0.3 is 15.7 Å². The molecule has 0 aromatic carbocycles. The van der Waals surface area contributed by atoms with Gasteiger partial charge in [-0.15, -0.1) is 0 Å². The van der Waals surface area contributed by atoms with Crippen molar-refractivity contribution in [3.63, 3.8) is 0 Å². The van der Waals surface area contributed by atoms with Crippen LogP contribution < -0.4 is 10.6 Å². The third-order valence-electron chi connectivity index (χ3n) is 1.26. The van der Waals surface area contributed by atoms with Crippen LogP contribution in [0.2, 0.25) is 0 Å². The quantitative estimate of drug-likeness (QED) is 0.441. The van der Waals surface area contributed by atoms with Gasteiger partial charge in [-0.2, -0.15) is 0 Å². The third-order valence-corrected chi connectivity index (χ3v) is 1.26. The molecule has 4 nitrogen and oxygen atoms in total. The Morgan fingerprint density at radius 1 is 1.45 bits per heavy atom. The number of hydrogen-bond acceptors (Lipinski definition) is 3. The van der Waals surface area contributed by atoms with Gasteiger partial charge in [0.25, 0.3) is 0 Å². The minimum Gasteiger partial charge on any atom is -0.396 e. The second kappa shape index (κ2) is 7.50. The van der Waals surface area contributed by atoms with Crippen LogP contribution in [0.15, 0.2) is 0 Å². The molecule has 11 heavy (non-hydrogen) atoms. The first-order valence-electron chi connectivity index (χ1n) is 3.83. The Kier molecular flexibility index (Phi) is 7.08. The lowest BCUT2D eigenvalue weighted by atomic mass is 10.4. The molecule has 0 spiro atoms. The van der Waals surface area contributed by atoms with Crippen LogP contribution in [-0.4, -0.2) is 37.8 Å². The molecule has 0 fully saturated rings. The lowest BCUT2D eigenvalue weighted by Gasteiger charge is -2.02. The first-order chi connectivity index (χ1) is 5.31. The summed E-state index contributed by atoms with van der Waals surface area (Å²) in [6.07, 6.45) is 1.13. The molecule has 0 saturated heterocycles. The largest absolute Gasteiger partial charge is 0.396 e. The summed E-state index contributed by atoms with van der Waals surface area (Å²) in [5, 5.41) is 14.0. The van der Waals surface area contributed by atoms with Gasteiger partial charge in [-0.3, -0.25) is 4.79 Å². The van der Waals surface area contributed by atoms with Crippen molar-refractivity contribution in [3.05, 3.63) is 0 Å². The summed E-state index contributed by atoms with van der Waals surface area (Å²) >= 11 is 0. The summed E-state index contributed by atoms with van der Waals surface area (Å²) in [6.45, 7) is 1.51. The van der Waals surface area contributed by atoms with Crippen LogP contribution in [0.4, 0.5) is 0 Å². The number of carbonyl (C=O) groups is 1. The summed E-state index contributed by atoms with van der Waals surface area (Å²) in [6, 6.07) is 0. The first kappa shape index (κ1) is 10.4. The molecule has 0 radical (unpaired) electrons. The smallest absolute Gasteiger partial charge is 0.222 e. The molecule has 4 heteroatoms. The van der Waals surface area contributed by atoms with Crippen molar-refractivity contribution >= 4 is 5.91 Å². The Bertz CT molecular complexity index is 107. The predicted octanol–water partition coefficient (Wildman–Crippen LogP) is -0.905. The topological polar surface area (TPSA) is 61.4 Å². The van der Waals surface area contributed by atoms with Crippen LogP contribution >= 0.6 is 0 Å². The monoisotopic (exact) mass is 160 g/mol. The van der Waals surface area contributed by atoms with Crippen molar-refractivity contribution in [2.45, 2.75) is 12.8 Å². The summed E-state index contributed by atoms with van der Waals surface area (Å²) in [5.41, 5.74) is 0. The van der Waals surface area contributed by atoms with Crippen molar-refractivity contribution in [3.8, 4) is 0 Å². The number of rotatable bonds is 6. The van der Waals surface area contributed by atoms with Crippen LogP contribution in [0, 0.1) is 0 Å². The van der Waals surface area contributed by atoms with Gasteiger partial charge >= 0.3 is 0 Å². The number of carbonyl (C=O) groups excluding carboxylic acids is 1. The molecular formula is C7H16N2O2. The van der Waals surface area contributed by atoms with Gasteiger partial charge in [0.2, 0.25) is 5.91 Å². The van der Waals surface area contributed by atoms with Crippen molar-refractivity contribution < 1.29 is 9.90 Å². The SMILES string of the molecule is CNCCCNC(=O)CCO. The molecule has 1 amide bonds. The van der Waals surface area contributed by atoms with Crippen molar-refractivity contribution in [2.24, 2.45) is 0 Å². The molecule has 0 unspecified atom stereocenters. The summed E-state index contributed by atoms with van der Waals surface area (Å²) < 4.78 is 0. The fraction of sp³-hybridized carbons (Fsp3) is 0.857. The molecular weight excluding hydrogens is 144 g/mol. The van der Waals surface area contributed by atoms with E-state index < -0.39 is 0 Å². The van der Waals surface area contributed by atoms with Crippen molar-refractivity contribution in [1.82, 2.24) is 10.6 Å². The van der Waals surface area contributed by atoms with E-state index in [4.69, 9.17) is 5.11 Å². The highest BCUT2D eigenvalue weighted by Crippen LogP contribution is 1.77. The minimum atomic E-state index is -0.0800. The van der Waals surface area contributed by atoms with Crippen molar-refractivity contribution in [2.75, 3.05) is 26.7 Å². The van der Waals surface area contributed by atoms with Gasteiger partial charge in [0.15, 0.2) is 0 Å². The minimum absolute atomic E-state index is 0.0716. The fourth-order valence-corrected chi connectivity index (χ4v) is 0.683. The molecule has 0 aliphatic carbocycles.